The fraction of sp³-hybridized carbons (Fsp3) is 0.588. The number of hydrogen-bond acceptors (Lipinski definition) is 3. The van der Waals surface area contributed by atoms with Crippen LogP contribution in [-0.4, -0.2) is 23.7 Å². The molecule has 0 atom stereocenters. The normalized spacial score (nSPS) is 17.5. The van der Waals surface area contributed by atoms with E-state index in [1.807, 2.05) is 13.0 Å². The van der Waals surface area contributed by atoms with Crippen molar-refractivity contribution in [3.8, 4) is 11.8 Å². The molecule has 0 unspecified atom stereocenters. The Morgan fingerprint density at radius 2 is 2.10 bits per heavy atom. The Hall–Kier alpha value is -1.31. The molecule has 112 valence electrons. The molecule has 2 aliphatic carbocycles. The van der Waals surface area contributed by atoms with Crippen LogP contribution >= 0.6 is 11.3 Å². The lowest BCUT2D eigenvalue weighted by molar-refractivity contribution is 0.0930. The third kappa shape index (κ3) is 3.66. The van der Waals surface area contributed by atoms with Gasteiger partial charge in [-0.3, -0.25) is 4.79 Å². The third-order valence-electron chi connectivity index (χ3n) is 4.14. The summed E-state index contributed by atoms with van der Waals surface area (Å²) in [5.74, 6) is 7.45. The summed E-state index contributed by atoms with van der Waals surface area (Å²) in [7, 11) is 0. The fourth-order valence-corrected chi connectivity index (χ4v) is 3.62. The molecule has 1 aromatic heterocycles. The first-order chi connectivity index (χ1) is 10.2. The smallest absolute Gasteiger partial charge is 0.261 e. The van der Waals surface area contributed by atoms with Gasteiger partial charge in [-0.05, 0) is 56.1 Å². The number of thiophene rings is 1. The lowest BCUT2D eigenvalue weighted by Gasteiger charge is -2.16. The standard InChI is InChI=1S/C17H21NO2S/c1-11-10-15(21-14(11)4-2-3-9-19)17(20)18-16(12-5-6-12)13-7-8-13/h10,12-13,16,19H,3,5-9H2,1H3,(H,18,20). The van der Waals surface area contributed by atoms with Crippen LogP contribution in [0, 0.1) is 30.6 Å². The zero-order valence-electron chi connectivity index (χ0n) is 12.3. The molecule has 4 heteroatoms. The van der Waals surface area contributed by atoms with Crippen LogP contribution in [0.4, 0.5) is 0 Å². The molecule has 21 heavy (non-hydrogen) atoms. The monoisotopic (exact) mass is 303 g/mol. The van der Waals surface area contributed by atoms with Crippen LogP contribution in [0.15, 0.2) is 6.07 Å². The fourth-order valence-electron chi connectivity index (χ4n) is 2.67. The van der Waals surface area contributed by atoms with Crippen molar-refractivity contribution in [1.82, 2.24) is 5.32 Å². The van der Waals surface area contributed by atoms with E-state index in [2.05, 4.69) is 17.2 Å². The largest absolute Gasteiger partial charge is 0.395 e. The first-order valence-electron chi connectivity index (χ1n) is 7.70. The second-order valence-electron chi connectivity index (χ2n) is 6.07. The van der Waals surface area contributed by atoms with Gasteiger partial charge in [0.2, 0.25) is 0 Å². The Labute approximate surface area is 129 Å². The molecule has 0 radical (unpaired) electrons. The van der Waals surface area contributed by atoms with Crippen molar-refractivity contribution in [3.63, 3.8) is 0 Å². The summed E-state index contributed by atoms with van der Waals surface area (Å²) in [6.45, 7) is 2.06. The van der Waals surface area contributed by atoms with Crippen molar-refractivity contribution in [3.05, 3.63) is 21.4 Å². The minimum atomic E-state index is 0.0575. The van der Waals surface area contributed by atoms with E-state index in [-0.39, 0.29) is 12.5 Å². The number of carbonyl (C=O) groups is 1. The number of amides is 1. The highest BCUT2D eigenvalue weighted by atomic mass is 32.1. The Balaban J connectivity index is 1.67. The van der Waals surface area contributed by atoms with E-state index in [1.54, 1.807) is 0 Å². The maximum absolute atomic E-state index is 12.4. The molecule has 2 saturated carbocycles. The second kappa shape index (κ2) is 6.21. The summed E-state index contributed by atoms with van der Waals surface area (Å²) >= 11 is 1.46. The van der Waals surface area contributed by atoms with Gasteiger partial charge in [0.25, 0.3) is 5.91 Å². The molecule has 2 aliphatic rings. The zero-order valence-corrected chi connectivity index (χ0v) is 13.1. The van der Waals surface area contributed by atoms with E-state index >= 15 is 0 Å². The lowest BCUT2D eigenvalue weighted by Crippen LogP contribution is -2.37. The summed E-state index contributed by atoms with van der Waals surface area (Å²) < 4.78 is 0. The maximum Gasteiger partial charge on any atom is 0.261 e. The van der Waals surface area contributed by atoms with Crippen molar-refractivity contribution in [2.75, 3.05) is 6.61 Å². The molecule has 0 aromatic carbocycles. The average Bonchev–Trinajstić information content (AvgIpc) is 3.36. The first-order valence-corrected chi connectivity index (χ1v) is 8.51. The molecular formula is C17H21NO2S. The Morgan fingerprint density at radius 1 is 1.43 bits per heavy atom. The van der Waals surface area contributed by atoms with Gasteiger partial charge >= 0.3 is 0 Å². The topological polar surface area (TPSA) is 49.3 Å². The molecule has 0 saturated heterocycles. The Bertz CT molecular complexity index is 576. The van der Waals surface area contributed by atoms with Crippen molar-refractivity contribution >= 4 is 17.2 Å². The molecule has 1 aromatic rings. The van der Waals surface area contributed by atoms with E-state index < -0.39 is 0 Å². The van der Waals surface area contributed by atoms with Gasteiger partial charge < -0.3 is 10.4 Å². The van der Waals surface area contributed by atoms with E-state index in [0.29, 0.717) is 24.3 Å². The number of aryl methyl sites for hydroxylation is 1. The summed E-state index contributed by atoms with van der Waals surface area (Å²) in [5.41, 5.74) is 1.05. The van der Waals surface area contributed by atoms with E-state index in [4.69, 9.17) is 5.11 Å². The quantitative estimate of drug-likeness (QED) is 0.822. The molecule has 0 aliphatic heterocycles. The predicted octanol–water partition coefficient (Wildman–Crippen LogP) is 2.71. The van der Waals surface area contributed by atoms with Crippen LogP contribution in [-0.2, 0) is 0 Å². The van der Waals surface area contributed by atoms with Gasteiger partial charge in [-0.15, -0.1) is 11.3 Å². The molecule has 0 bridgehead atoms. The number of nitrogens with one attached hydrogen (secondary N) is 1. The summed E-state index contributed by atoms with van der Waals surface area (Å²) in [6.07, 6.45) is 5.54. The van der Waals surface area contributed by atoms with Crippen LogP contribution in [0.25, 0.3) is 0 Å². The molecule has 1 amide bonds. The number of aliphatic hydroxyl groups is 1. The SMILES string of the molecule is Cc1cc(C(=O)NC(C2CC2)C2CC2)sc1C#CCCO. The van der Waals surface area contributed by atoms with Gasteiger partial charge in [-0.2, -0.15) is 0 Å². The molecule has 0 spiro atoms. The Morgan fingerprint density at radius 3 is 2.67 bits per heavy atom. The molecule has 1 heterocycles. The van der Waals surface area contributed by atoms with E-state index in [0.717, 1.165) is 15.3 Å². The van der Waals surface area contributed by atoms with Crippen LogP contribution in [0.3, 0.4) is 0 Å². The van der Waals surface area contributed by atoms with E-state index in [9.17, 15) is 4.79 Å². The summed E-state index contributed by atoms with van der Waals surface area (Å²) in [5, 5.41) is 12.0. The van der Waals surface area contributed by atoms with Gasteiger partial charge in [0.05, 0.1) is 16.4 Å². The zero-order chi connectivity index (χ0) is 14.8. The molecule has 2 N–H and O–H groups in total. The third-order valence-corrected chi connectivity index (χ3v) is 5.29. The van der Waals surface area contributed by atoms with Gasteiger partial charge in [-0.1, -0.05) is 11.8 Å². The molecular weight excluding hydrogens is 282 g/mol. The number of aliphatic hydroxyl groups excluding tert-OH is 1. The van der Waals surface area contributed by atoms with Gasteiger partial charge in [-0.25, -0.2) is 0 Å². The summed E-state index contributed by atoms with van der Waals surface area (Å²) in [6, 6.07) is 2.32. The first kappa shape index (κ1) is 14.6. The Kier molecular flexibility index (Phi) is 4.32. The molecule has 3 rings (SSSR count). The van der Waals surface area contributed by atoms with Crippen molar-refractivity contribution < 1.29 is 9.90 Å². The van der Waals surface area contributed by atoms with Crippen LogP contribution in [0.2, 0.25) is 0 Å². The van der Waals surface area contributed by atoms with Crippen LogP contribution < -0.4 is 5.32 Å². The highest BCUT2D eigenvalue weighted by Crippen LogP contribution is 2.44. The summed E-state index contributed by atoms with van der Waals surface area (Å²) in [4.78, 5) is 14.1. The highest BCUT2D eigenvalue weighted by molar-refractivity contribution is 7.14. The van der Waals surface area contributed by atoms with E-state index in [1.165, 1.54) is 37.0 Å². The van der Waals surface area contributed by atoms with Crippen molar-refractivity contribution in [2.45, 2.75) is 45.1 Å². The van der Waals surface area contributed by atoms with Crippen molar-refractivity contribution in [2.24, 2.45) is 11.8 Å². The van der Waals surface area contributed by atoms with Gasteiger partial charge in [0.15, 0.2) is 0 Å². The second-order valence-corrected chi connectivity index (χ2v) is 7.12. The minimum absolute atomic E-state index is 0.0575. The molecule has 2 fully saturated rings. The maximum atomic E-state index is 12.4. The van der Waals surface area contributed by atoms with Gasteiger partial charge in [0.1, 0.15) is 0 Å². The average molecular weight is 303 g/mol. The molecule has 3 nitrogen and oxygen atoms in total. The number of hydrogen-bond donors (Lipinski definition) is 2. The van der Waals surface area contributed by atoms with Gasteiger partial charge in [0, 0.05) is 12.5 Å². The van der Waals surface area contributed by atoms with Crippen LogP contribution in [0.5, 0.6) is 0 Å². The number of carbonyl (C=O) groups excluding carboxylic acids is 1. The van der Waals surface area contributed by atoms with Crippen LogP contribution in [0.1, 0.15) is 52.2 Å². The predicted molar refractivity (Wildman–Crippen MR) is 84.3 cm³/mol. The van der Waals surface area contributed by atoms with Crippen molar-refractivity contribution in [1.29, 1.82) is 0 Å². The lowest BCUT2D eigenvalue weighted by atomic mass is 10.1. The number of rotatable bonds is 5. The minimum Gasteiger partial charge on any atom is -0.395 e. The highest BCUT2D eigenvalue weighted by Gasteiger charge is 2.42.